The summed E-state index contributed by atoms with van der Waals surface area (Å²) in [6.45, 7) is 10.0. The molecule has 8 heteroatoms. The summed E-state index contributed by atoms with van der Waals surface area (Å²) in [6.07, 6.45) is 3.92. The molecule has 2 N–H and O–H groups in total. The molecule has 1 saturated carbocycles. The predicted octanol–water partition coefficient (Wildman–Crippen LogP) is 6.27. The average molecular weight is 540 g/mol. The van der Waals surface area contributed by atoms with Crippen molar-refractivity contribution in [1.82, 2.24) is 10.2 Å². The zero-order chi connectivity index (χ0) is 27.7. The molecule has 2 fully saturated rings. The largest absolute Gasteiger partial charge is 0.481 e. The van der Waals surface area contributed by atoms with E-state index in [1.807, 2.05) is 47.1 Å². The first-order valence-corrected chi connectivity index (χ1v) is 13.7. The van der Waals surface area contributed by atoms with Gasteiger partial charge in [0.15, 0.2) is 0 Å². The highest BCUT2D eigenvalue weighted by Crippen LogP contribution is 2.47. The molecule has 7 nitrogen and oxygen atoms in total. The molecule has 0 bridgehead atoms. The first kappa shape index (κ1) is 28.0. The van der Waals surface area contributed by atoms with Crippen molar-refractivity contribution in [2.45, 2.75) is 71.9 Å². The number of halogens is 1. The number of nitrogens with one attached hydrogen (secondary N) is 1. The molecular formula is C30H38ClN3O4. The number of hydrogen-bond acceptors (Lipinski definition) is 3. The van der Waals surface area contributed by atoms with E-state index in [4.69, 9.17) is 16.7 Å². The van der Waals surface area contributed by atoms with E-state index in [1.165, 1.54) is 0 Å². The van der Waals surface area contributed by atoms with E-state index in [0.717, 1.165) is 42.5 Å². The number of rotatable bonds is 7. The van der Waals surface area contributed by atoms with Crippen molar-refractivity contribution in [3.63, 3.8) is 0 Å². The topological polar surface area (TPSA) is 89.9 Å². The van der Waals surface area contributed by atoms with Gasteiger partial charge >= 0.3 is 12.0 Å². The molecule has 4 rings (SSSR count). The quantitative estimate of drug-likeness (QED) is 0.434. The number of carbonyl (C=O) groups excluding carboxylic acids is 2. The van der Waals surface area contributed by atoms with Crippen LogP contribution in [0.3, 0.4) is 0 Å². The van der Waals surface area contributed by atoms with Gasteiger partial charge in [0.05, 0.1) is 18.5 Å². The third-order valence-corrected chi connectivity index (χ3v) is 8.37. The number of aryl methyl sites for hydroxylation is 1. The van der Waals surface area contributed by atoms with Gasteiger partial charge in [0, 0.05) is 29.4 Å². The Morgan fingerprint density at radius 2 is 1.76 bits per heavy atom. The van der Waals surface area contributed by atoms with Crippen LogP contribution in [0.1, 0.15) is 74.4 Å². The Labute approximate surface area is 230 Å². The lowest BCUT2D eigenvalue weighted by Gasteiger charge is -2.45. The maximum Gasteiger partial charge on any atom is 0.325 e. The molecule has 1 spiro atoms. The summed E-state index contributed by atoms with van der Waals surface area (Å²) >= 11 is 6.36. The molecule has 1 saturated heterocycles. The van der Waals surface area contributed by atoms with Gasteiger partial charge < -0.3 is 15.3 Å². The number of nitrogens with zero attached hydrogens (tertiary/aromatic N) is 2. The third-order valence-electron chi connectivity index (χ3n) is 8.15. The molecule has 0 unspecified atom stereocenters. The lowest BCUT2D eigenvalue weighted by Crippen LogP contribution is -2.50. The summed E-state index contributed by atoms with van der Waals surface area (Å²) in [4.78, 5) is 40.9. The zero-order valence-corrected chi connectivity index (χ0v) is 23.5. The molecule has 204 valence electrons. The van der Waals surface area contributed by atoms with Gasteiger partial charge in [-0.05, 0) is 85.4 Å². The number of urea groups is 1. The van der Waals surface area contributed by atoms with Crippen LogP contribution in [0, 0.1) is 18.3 Å². The Bertz CT molecular complexity index is 1180. The van der Waals surface area contributed by atoms with Gasteiger partial charge in [0.1, 0.15) is 0 Å². The number of anilines is 1. The highest BCUT2D eigenvalue weighted by Gasteiger charge is 2.52. The number of benzene rings is 2. The zero-order valence-electron chi connectivity index (χ0n) is 22.7. The number of hydrogen-bond donors (Lipinski definition) is 2. The molecular weight excluding hydrogens is 502 g/mol. The number of aliphatic carboxylic acids is 1. The van der Waals surface area contributed by atoms with Gasteiger partial charge in [-0.25, -0.2) is 4.79 Å². The van der Waals surface area contributed by atoms with Crippen molar-refractivity contribution in [2.24, 2.45) is 11.3 Å². The number of carbonyl (C=O) groups is 3. The Balaban J connectivity index is 1.56. The maximum atomic E-state index is 13.9. The van der Waals surface area contributed by atoms with Crippen molar-refractivity contribution in [2.75, 3.05) is 18.0 Å². The Morgan fingerprint density at radius 1 is 1.11 bits per heavy atom. The van der Waals surface area contributed by atoms with Gasteiger partial charge in [0.25, 0.3) is 5.91 Å². The van der Waals surface area contributed by atoms with Crippen molar-refractivity contribution in [3.05, 3.63) is 64.2 Å². The molecule has 2 aromatic rings. The van der Waals surface area contributed by atoms with Gasteiger partial charge in [-0.3, -0.25) is 14.5 Å². The highest BCUT2D eigenvalue weighted by molar-refractivity contribution is 6.31. The van der Waals surface area contributed by atoms with Crippen molar-refractivity contribution < 1.29 is 19.5 Å². The SMILES string of the molecule is Cc1cc(Cl)cc(N2CC3(CCC(C(C)(C)C)CC3)N(Cc3ccc(C(=O)NCCC(=O)O)cc3)C2=O)c1. The molecule has 1 aliphatic heterocycles. The lowest BCUT2D eigenvalue weighted by molar-refractivity contribution is -0.136. The van der Waals surface area contributed by atoms with E-state index >= 15 is 0 Å². The van der Waals surface area contributed by atoms with Gasteiger partial charge in [0.2, 0.25) is 0 Å². The Morgan fingerprint density at radius 3 is 2.34 bits per heavy atom. The summed E-state index contributed by atoms with van der Waals surface area (Å²) < 4.78 is 0. The van der Waals surface area contributed by atoms with Crippen LogP contribution < -0.4 is 10.2 Å². The molecule has 1 aliphatic carbocycles. The number of amides is 3. The van der Waals surface area contributed by atoms with E-state index in [9.17, 15) is 14.4 Å². The van der Waals surface area contributed by atoms with Crippen molar-refractivity contribution >= 4 is 35.2 Å². The molecule has 2 aliphatic rings. The standard InChI is InChI=1S/C30H38ClN3O4/c1-20-15-24(31)17-25(16-20)33-19-30(12-9-23(10-13-30)29(2,3)4)34(28(33)38)18-21-5-7-22(8-6-21)27(37)32-14-11-26(35)36/h5-8,15-17,23H,9-14,18-19H2,1-4H3,(H,32,37)(H,35,36). The van der Waals surface area contributed by atoms with E-state index in [-0.39, 0.29) is 35.9 Å². The summed E-state index contributed by atoms with van der Waals surface area (Å²) in [5.74, 6) is -0.649. The molecule has 0 aromatic heterocycles. The Kier molecular flexibility index (Phi) is 8.07. The summed E-state index contributed by atoms with van der Waals surface area (Å²) in [5, 5.41) is 12.0. The van der Waals surface area contributed by atoms with Gasteiger partial charge in [-0.15, -0.1) is 0 Å². The summed E-state index contributed by atoms with van der Waals surface area (Å²) in [5.41, 5.74) is 3.22. The Hall–Kier alpha value is -3.06. The van der Waals surface area contributed by atoms with Crippen LogP contribution in [-0.2, 0) is 11.3 Å². The maximum absolute atomic E-state index is 13.9. The van der Waals surface area contributed by atoms with Crippen molar-refractivity contribution in [1.29, 1.82) is 0 Å². The average Bonchev–Trinajstić information content (AvgIpc) is 3.09. The minimum Gasteiger partial charge on any atom is -0.481 e. The molecule has 38 heavy (non-hydrogen) atoms. The first-order valence-electron chi connectivity index (χ1n) is 13.3. The lowest BCUT2D eigenvalue weighted by atomic mass is 9.67. The van der Waals surface area contributed by atoms with E-state index in [0.29, 0.717) is 29.6 Å². The smallest absolute Gasteiger partial charge is 0.325 e. The minimum atomic E-state index is -0.955. The minimum absolute atomic E-state index is 0.0173. The van der Waals surface area contributed by atoms with E-state index in [1.54, 1.807) is 12.1 Å². The second-order valence-corrected chi connectivity index (χ2v) is 12.3. The van der Waals surface area contributed by atoms with Crippen LogP contribution in [0.5, 0.6) is 0 Å². The second kappa shape index (κ2) is 11.0. The highest BCUT2D eigenvalue weighted by atomic mass is 35.5. The number of carboxylic acids is 1. The predicted molar refractivity (Wildman–Crippen MR) is 150 cm³/mol. The second-order valence-electron chi connectivity index (χ2n) is 11.9. The fraction of sp³-hybridized carbons (Fsp3) is 0.500. The van der Waals surface area contributed by atoms with Crippen LogP contribution in [0.15, 0.2) is 42.5 Å². The fourth-order valence-corrected chi connectivity index (χ4v) is 6.17. The summed E-state index contributed by atoms with van der Waals surface area (Å²) in [6, 6.07) is 13.0. The van der Waals surface area contributed by atoms with Crippen LogP contribution in [-0.4, -0.2) is 46.5 Å². The van der Waals surface area contributed by atoms with Crippen LogP contribution in [0.2, 0.25) is 5.02 Å². The monoisotopic (exact) mass is 539 g/mol. The normalized spacial score (nSPS) is 21.7. The van der Waals surface area contributed by atoms with E-state index in [2.05, 4.69) is 26.1 Å². The fourth-order valence-electron chi connectivity index (χ4n) is 5.88. The van der Waals surface area contributed by atoms with Gasteiger partial charge in [-0.2, -0.15) is 0 Å². The first-order chi connectivity index (χ1) is 17.9. The van der Waals surface area contributed by atoms with E-state index < -0.39 is 5.97 Å². The van der Waals surface area contributed by atoms with Crippen molar-refractivity contribution in [3.8, 4) is 0 Å². The molecule has 2 aromatic carbocycles. The van der Waals surface area contributed by atoms with Crippen LogP contribution in [0.4, 0.5) is 10.5 Å². The third kappa shape index (κ3) is 6.15. The number of carboxylic acid groups (broad SMARTS) is 1. The molecule has 1 heterocycles. The van der Waals surface area contributed by atoms with Crippen LogP contribution >= 0.6 is 11.6 Å². The molecule has 3 amide bonds. The van der Waals surface area contributed by atoms with Crippen LogP contribution in [0.25, 0.3) is 0 Å². The molecule has 0 atom stereocenters. The van der Waals surface area contributed by atoms with Gasteiger partial charge in [-0.1, -0.05) is 44.5 Å². The summed E-state index contributed by atoms with van der Waals surface area (Å²) in [7, 11) is 0. The molecule has 0 radical (unpaired) electrons.